The molecule has 0 radical (unpaired) electrons. The monoisotopic (exact) mass is 269 g/mol. The SMILES string of the molecule is CCOC(=O)C(CSc1ccccc1OC)NC. The second-order valence-corrected chi connectivity index (χ2v) is 4.62. The van der Waals surface area contributed by atoms with Crippen molar-refractivity contribution < 1.29 is 14.3 Å². The number of carbonyl (C=O) groups excluding carboxylic acids is 1. The summed E-state index contributed by atoms with van der Waals surface area (Å²) >= 11 is 1.57. The number of ether oxygens (including phenoxy) is 2. The molecule has 1 atom stereocenters. The Morgan fingerprint density at radius 2 is 2.17 bits per heavy atom. The predicted octanol–water partition coefficient (Wildman–Crippen LogP) is 1.94. The first-order valence-electron chi connectivity index (χ1n) is 5.82. The molecule has 1 unspecified atom stereocenters. The minimum atomic E-state index is -0.306. The molecule has 0 spiro atoms. The Hall–Kier alpha value is -1.20. The van der Waals surface area contributed by atoms with Gasteiger partial charge in [-0.1, -0.05) is 12.1 Å². The van der Waals surface area contributed by atoms with Gasteiger partial charge in [0.25, 0.3) is 0 Å². The molecule has 0 aromatic heterocycles. The molecule has 0 saturated carbocycles. The van der Waals surface area contributed by atoms with E-state index in [1.807, 2.05) is 24.3 Å². The van der Waals surface area contributed by atoms with E-state index in [1.165, 1.54) is 0 Å². The summed E-state index contributed by atoms with van der Waals surface area (Å²) in [5.74, 6) is 1.21. The lowest BCUT2D eigenvalue weighted by Crippen LogP contribution is -2.37. The first kappa shape index (κ1) is 14.9. The van der Waals surface area contributed by atoms with E-state index in [9.17, 15) is 4.79 Å². The number of methoxy groups -OCH3 is 1. The number of esters is 1. The van der Waals surface area contributed by atoms with E-state index in [-0.39, 0.29) is 12.0 Å². The van der Waals surface area contributed by atoms with Gasteiger partial charge in [-0.2, -0.15) is 0 Å². The highest BCUT2D eigenvalue weighted by Crippen LogP contribution is 2.29. The molecular weight excluding hydrogens is 250 g/mol. The number of nitrogens with one attached hydrogen (secondary N) is 1. The number of rotatable bonds is 7. The van der Waals surface area contributed by atoms with Crippen LogP contribution >= 0.6 is 11.8 Å². The van der Waals surface area contributed by atoms with E-state index in [0.29, 0.717) is 12.4 Å². The second-order valence-electron chi connectivity index (χ2n) is 3.56. The molecule has 0 saturated heterocycles. The van der Waals surface area contributed by atoms with Crippen molar-refractivity contribution in [3.8, 4) is 5.75 Å². The van der Waals surface area contributed by atoms with E-state index in [2.05, 4.69) is 5.32 Å². The summed E-state index contributed by atoms with van der Waals surface area (Å²) in [6, 6.07) is 7.44. The molecule has 0 aliphatic rings. The molecule has 1 N–H and O–H groups in total. The van der Waals surface area contributed by atoms with Gasteiger partial charge in [0.15, 0.2) is 0 Å². The van der Waals surface area contributed by atoms with E-state index in [0.717, 1.165) is 10.6 Å². The largest absolute Gasteiger partial charge is 0.496 e. The minimum absolute atomic E-state index is 0.220. The highest BCUT2D eigenvalue weighted by molar-refractivity contribution is 7.99. The van der Waals surface area contributed by atoms with Crippen LogP contribution in [-0.2, 0) is 9.53 Å². The van der Waals surface area contributed by atoms with Crippen molar-refractivity contribution in [2.24, 2.45) is 0 Å². The zero-order chi connectivity index (χ0) is 13.4. The summed E-state index contributed by atoms with van der Waals surface area (Å²) in [7, 11) is 3.39. The topological polar surface area (TPSA) is 47.6 Å². The van der Waals surface area contributed by atoms with E-state index < -0.39 is 0 Å². The van der Waals surface area contributed by atoms with Crippen molar-refractivity contribution in [2.75, 3.05) is 26.5 Å². The maximum atomic E-state index is 11.6. The Bertz CT molecular complexity index is 384. The first-order chi connectivity index (χ1) is 8.72. The van der Waals surface area contributed by atoms with Crippen LogP contribution in [0, 0.1) is 0 Å². The maximum Gasteiger partial charge on any atom is 0.323 e. The van der Waals surface area contributed by atoms with Crippen LogP contribution in [0.15, 0.2) is 29.2 Å². The highest BCUT2D eigenvalue weighted by Gasteiger charge is 2.18. The first-order valence-corrected chi connectivity index (χ1v) is 6.81. The van der Waals surface area contributed by atoms with Crippen LogP contribution < -0.4 is 10.1 Å². The average Bonchev–Trinajstić information content (AvgIpc) is 2.40. The molecule has 0 aliphatic carbocycles. The molecule has 1 rings (SSSR count). The van der Waals surface area contributed by atoms with Gasteiger partial charge in [0.1, 0.15) is 11.8 Å². The summed E-state index contributed by atoms with van der Waals surface area (Å²) in [6.45, 7) is 2.20. The van der Waals surface area contributed by atoms with E-state index in [1.54, 1.807) is 32.8 Å². The lowest BCUT2D eigenvalue weighted by Gasteiger charge is -2.15. The summed E-state index contributed by atoms with van der Waals surface area (Å²) in [5, 5.41) is 2.96. The third-order valence-electron chi connectivity index (χ3n) is 2.39. The van der Waals surface area contributed by atoms with Gasteiger partial charge in [0.05, 0.1) is 13.7 Å². The fraction of sp³-hybridized carbons (Fsp3) is 0.462. The Morgan fingerprint density at radius 1 is 1.44 bits per heavy atom. The fourth-order valence-corrected chi connectivity index (χ4v) is 2.54. The predicted molar refractivity (Wildman–Crippen MR) is 73.2 cm³/mol. The molecule has 0 heterocycles. The number of carbonyl (C=O) groups is 1. The number of thioether (sulfide) groups is 1. The summed E-state index contributed by atoms with van der Waals surface area (Å²) < 4.78 is 10.3. The lowest BCUT2D eigenvalue weighted by molar-refractivity contribution is -0.144. The van der Waals surface area contributed by atoms with Gasteiger partial charge in [-0.05, 0) is 26.1 Å². The van der Waals surface area contributed by atoms with Crippen molar-refractivity contribution >= 4 is 17.7 Å². The lowest BCUT2D eigenvalue weighted by atomic mass is 10.3. The van der Waals surface area contributed by atoms with Crippen molar-refractivity contribution in [3.05, 3.63) is 24.3 Å². The zero-order valence-electron chi connectivity index (χ0n) is 10.9. The number of para-hydroxylation sites is 1. The normalized spacial score (nSPS) is 11.9. The van der Waals surface area contributed by atoms with Gasteiger partial charge in [0, 0.05) is 10.6 Å². The number of hydrogen-bond donors (Lipinski definition) is 1. The molecular formula is C13H19NO3S. The minimum Gasteiger partial charge on any atom is -0.496 e. The third kappa shape index (κ3) is 4.23. The molecule has 0 fully saturated rings. The number of likely N-dealkylation sites (N-methyl/N-ethyl adjacent to an activating group) is 1. The van der Waals surface area contributed by atoms with Gasteiger partial charge >= 0.3 is 5.97 Å². The zero-order valence-corrected chi connectivity index (χ0v) is 11.8. The van der Waals surface area contributed by atoms with E-state index in [4.69, 9.17) is 9.47 Å². The average molecular weight is 269 g/mol. The van der Waals surface area contributed by atoms with Crippen LogP contribution in [0.1, 0.15) is 6.92 Å². The van der Waals surface area contributed by atoms with Gasteiger partial charge in [0.2, 0.25) is 0 Å². The molecule has 0 aliphatic heterocycles. The van der Waals surface area contributed by atoms with Crippen molar-refractivity contribution in [3.63, 3.8) is 0 Å². The molecule has 5 heteroatoms. The van der Waals surface area contributed by atoms with Gasteiger partial charge in [-0.3, -0.25) is 4.79 Å². The van der Waals surface area contributed by atoms with Crippen molar-refractivity contribution in [1.82, 2.24) is 5.32 Å². The van der Waals surface area contributed by atoms with Crippen molar-refractivity contribution in [2.45, 2.75) is 17.9 Å². The van der Waals surface area contributed by atoms with Crippen LogP contribution in [0.25, 0.3) is 0 Å². The Kier molecular flexibility index (Phi) is 6.60. The standard InChI is InChI=1S/C13H19NO3S/c1-4-17-13(15)10(14-2)9-18-12-8-6-5-7-11(12)16-3/h5-8,10,14H,4,9H2,1-3H3. The molecule has 0 bridgehead atoms. The quantitative estimate of drug-likeness (QED) is 0.605. The molecule has 100 valence electrons. The fourth-order valence-electron chi connectivity index (χ4n) is 1.42. The second kappa shape index (κ2) is 8.00. The van der Waals surface area contributed by atoms with Crippen LogP contribution in [0.2, 0.25) is 0 Å². The number of hydrogen-bond acceptors (Lipinski definition) is 5. The van der Waals surface area contributed by atoms with Gasteiger partial charge < -0.3 is 14.8 Å². The van der Waals surface area contributed by atoms with Crippen LogP contribution in [-0.4, -0.2) is 38.5 Å². The van der Waals surface area contributed by atoms with Crippen LogP contribution in [0.4, 0.5) is 0 Å². The van der Waals surface area contributed by atoms with Crippen molar-refractivity contribution in [1.29, 1.82) is 0 Å². The Morgan fingerprint density at radius 3 is 2.78 bits per heavy atom. The molecule has 1 aromatic rings. The molecule has 18 heavy (non-hydrogen) atoms. The van der Waals surface area contributed by atoms with Crippen LogP contribution in [0.5, 0.6) is 5.75 Å². The molecule has 1 aromatic carbocycles. The Labute approximate surface area is 112 Å². The molecule has 4 nitrogen and oxygen atoms in total. The third-order valence-corrected chi connectivity index (χ3v) is 3.54. The number of benzene rings is 1. The van der Waals surface area contributed by atoms with Crippen LogP contribution in [0.3, 0.4) is 0 Å². The summed E-state index contributed by atoms with van der Waals surface area (Å²) in [6.07, 6.45) is 0. The highest BCUT2D eigenvalue weighted by atomic mass is 32.2. The van der Waals surface area contributed by atoms with Gasteiger partial charge in [-0.15, -0.1) is 11.8 Å². The smallest absolute Gasteiger partial charge is 0.323 e. The summed E-state index contributed by atoms with van der Waals surface area (Å²) in [4.78, 5) is 12.6. The van der Waals surface area contributed by atoms with E-state index >= 15 is 0 Å². The Balaban J connectivity index is 2.59. The molecule has 0 amide bonds. The van der Waals surface area contributed by atoms with Gasteiger partial charge in [-0.25, -0.2) is 0 Å². The maximum absolute atomic E-state index is 11.6. The summed E-state index contributed by atoms with van der Waals surface area (Å²) in [5.41, 5.74) is 0.